The first kappa shape index (κ1) is 30.4. The summed E-state index contributed by atoms with van der Waals surface area (Å²) in [6.45, 7) is 1.76. The highest BCUT2D eigenvalue weighted by molar-refractivity contribution is 7.92. The van der Waals surface area contributed by atoms with Crippen molar-refractivity contribution < 1.29 is 23.1 Å². The maximum Gasteiger partial charge on any atom is 0.304 e. The molecule has 1 aliphatic carbocycles. The van der Waals surface area contributed by atoms with Crippen molar-refractivity contribution in [3.63, 3.8) is 0 Å². The van der Waals surface area contributed by atoms with Gasteiger partial charge in [0.1, 0.15) is 0 Å². The maximum atomic E-state index is 14.7. The highest BCUT2D eigenvalue weighted by atomic mass is 35.5. The minimum atomic E-state index is -3.72. The Balaban J connectivity index is 1.70. The van der Waals surface area contributed by atoms with E-state index >= 15 is 0 Å². The molecule has 7 nitrogen and oxygen atoms in total. The van der Waals surface area contributed by atoms with Crippen molar-refractivity contribution in [2.45, 2.75) is 50.6 Å². The summed E-state index contributed by atoms with van der Waals surface area (Å²) in [6.07, 6.45) is 2.78. The zero-order valence-electron chi connectivity index (χ0n) is 23.5. The Labute approximate surface area is 257 Å². The van der Waals surface area contributed by atoms with Crippen LogP contribution in [0.1, 0.15) is 55.7 Å². The minimum absolute atomic E-state index is 0.0504. The van der Waals surface area contributed by atoms with Crippen LogP contribution in [-0.4, -0.2) is 49.1 Å². The largest absolute Gasteiger partial charge is 0.481 e. The van der Waals surface area contributed by atoms with E-state index in [4.69, 9.17) is 23.2 Å². The normalized spacial score (nSPS) is 23.4. The summed E-state index contributed by atoms with van der Waals surface area (Å²) in [4.78, 5) is 28.6. The lowest BCUT2D eigenvalue weighted by Crippen LogP contribution is -2.59. The predicted molar refractivity (Wildman–Crippen MR) is 165 cm³/mol. The summed E-state index contributed by atoms with van der Waals surface area (Å²) in [6, 6.07) is 22.6. The second-order valence-electron chi connectivity index (χ2n) is 11.7. The number of aliphatic carboxylic acids is 1. The second kappa shape index (κ2) is 11.9. The molecule has 0 radical (unpaired) electrons. The fourth-order valence-electron chi connectivity index (χ4n) is 6.39. The number of hydrogen-bond acceptors (Lipinski definition) is 4. The quantitative estimate of drug-likeness (QED) is 0.267. The Morgan fingerprint density at radius 3 is 2.24 bits per heavy atom. The van der Waals surface area contributed by atoms with Gasteiger partial charge in [0.05, 0.1) is 42.4 Å². The van der Waals surface area contributed by atoms with Gasteiger partial charge in [-0.2, -0.15) is 0 Å². The molecule has 1 heterocycles. The van der Waals surface area contributed by atoms with Crippen molar-refractivity contribution in [1.29, 1.82) is 0 Å². The number of sulfonamides is 1. The topological polar surface area (TPSA) is 95.0 Å². The fraction of sp³-hybridized carbons (Fsp3) is 0.375. The third-order valence-electron chi connectivity index (χ3n) is 8.45. The third kappa shape index (κ3) is 6.46. The molecule has 1 amide bonds. The summed E-state index contributed by atoms with van der Waals surface area (Å²) in [7, 11) is -3.72. The Morgan fingerprint density at radius 1 is 1.00 bits per heavy atom. The summed E-state index contributed by atoms with van der Waals surface area (Å²) < 4.78 is 27.7. The van der Waals surface area contributed by atoms with Crippen LogP contribution in [-0.2, 0) is 19.6 Å². The Hall–Kier alpha value is -3.07. The van der Waals surface area contributed by atoms with Crippen molar-refractivity contribution in [3.8, 4) is 0 Å². The molecule has 3 aromatic carbocycles. The maximum absolute atomic E-state index is 14.7. The molecule has 1 saturated heterocycles. The monoisotopic (exact) mass is 628 g/mol. The van der Waals surface area contributed by atoms with Gasteiger partial charge in [-0.15, -0.1) is 0 Å². The number of carboxylic acid groups (broad SMARTS) is 1. The lowest BCUT2D eigenvalue weighted by atomic mass is 9.67. The Kier molecular flexibility index (Phi) is 8.61. The first-order valence-electron chi connectivity index (χ1n) is 14.0. The van der Waals surface area contributed by atoms with Crippen molar-refractivity contribution in [2.24, 2.45) is 11.3 Å². The molecule has 1 saturated carbocycles. The lowest BCUT2D eigenvalue weighted by molar-refractivity contribution is -0.160. The Morgan fingerprint density at radius 2 is 1.67 bits per heavy atom. The number of halogens is 2. The number of hydrogen-bond donors (Lipinski definition) is 1. The molecule has 4 atom stereocenters. The molecule has 5 rings (SSSR count). The minimum Gasteiger partial charge on any atom is -0.481 e. The van der Waals surface area contributed by atoms with E-state index in [2.05, 4.69) is 0 Å². The Bertz CT molecular complexity index is 1560. The summed E-state index contributed by atoms with van der Waals surface area (Å²) in [5.41, 5.74) is 1.01. The van der Waals surface area contributed by atoms with Crippen LogP contribution in [0.5, 0.6) is 0 Å². The van der Waals surface area contributed by atoms with Gasteiger partial charge >= 0.3 is 5.97 Å². The molecule has 0 spiro atoms. The second-order valence-corrected chi connectivity index (χ2v) is 14.5. The zero-order valence-corrected chi connectivity index (χ0v) is 25.8. The highest BCUT2D eigenvalue weighted by Crippen LogP contribution is 2.54. The van der Waals surface area contributed by atoms with Gasteiger partial charge in [-0.1, -0.05) is 72.6 Å². The summed E-state index contributed by atoms with van der Waals surface area (Å²) >= 11 is 12.7. The van der Waals surface area contributed by atoms with E-state index < -0.39 is 33.5 Å². The number of carboxylic acids is 1. The highest BCUT2D eigenvalue weighted by Gasteiger charge is 2.55. The van der Waals surface area contributed by atoms with Gasteiger partial charge in [-0.3, -0.25) is 13.9 Å². The van der Waals surface area contributed by atoms with E-state index in [-0.39, 0.29) is 37.1 Å². The van der Waals surface area contributed by atoms with Gasteiger partial charge in [0.15, 0.2) is 0 Å². The molecule has 1 unspecified atom stereocenters. The molecule has 222 valence electrons. The van der Waals surface area contributed by atoms with Gasteiger partial charge in [-0.05, 0) is 72.7 Å². The molecule has 0 aromatic heterocycles. The fourth-order valence-corrected chi connectivity index (χ4v) is 7.64. The summed E-state index contributed by atoms with van der Waals surface area (Å²) in [5.74, 6) is -1.60. The van der Waals surface area contributed by atoms with Crippen LogP contribution < -0.4 is 4.31 Å². The third-order valence-corrected chi connectivity index (χ3v) is 10.1. The number of benzene rings is 3. The number of likely N-dealkylation sites (tertiary alicyclic amines) is 1. The molecule has 2 fully saturated rings. The van der Waals surface area contributed by atoms with Crippen molar-refractivity contribution in [1.82, 2.24) is 4.90 Å². The van der Waals surface area contributed by atoms with E-state index in [0.717, 1.165) is 24.0 Å². The van der Waals surface area contributed by atoms with E-state index in [1.54, 1.807) is 54.3 Å². The average molecular weight is 630 g/mol. The number of carbonyl (C=O) groups excluding carboxylic acids is 1. The first-order valence-corrected chi connectivity index (χ1v) is 16.6. The number of piperidine rings is 1. The predicted octanol–water partition coefficient (Wildman–Crippen LogP) is 6.78. The number of para-hydroxylation sites is 1. The van der Waals surface area contributed by atoms with E-state index in [1.165, 1.54) is 10.6 Å². The number of amides is 1. The van der Waals surface area contributed by atoms with Gasteiger partial charge < -0.3 is 10.0 Å². The van der Waals surface area contributed by atoms with Crippen molar-refractivity contribution in [2.75, 3.05) is 17.1 Å². The van der Waals surface area contributed by atoms with Gasteiger partial charge in [0.25, 0.3) is 0 Å². The van der Waals surface area contributed by atoms with E-state index in [0.29, 0.717) is 15.7 Å². The molecule has 2 aliphatic rings. The SMILES string of the molecule is C[C@]1(CC(=O)O)C[C@H](c2cccc(Cl)c2)C(c2ccc(Cl)cc2)N([C@H](CN(c2ccccc2)S(C)(=O)=O)C2CC2)C1=O. The number of nitrogens with zero attached hydrogens (tertiary/aromatic N) is 2. The molecule has 10 heteroatoms. The molecule has 1 N–H and O–H groups in total. The van der Waals surface area contributed by atoms with Crippen LogP contribution in [0.15, 0.2) is 78.9 Å². The van der Waals surface area contributed by atoms with E-state index in [1.807, 2.05) is 36.4 Å². The molecule has 1 aliphatic heterocycles. The van der Waals surface area contributed by atoms with Gasteiger partial charge in [0, 0.05) is 16.0 Å². The van der Waals surface area contributed by atoms with Crippen LogP contribution >= 0.6 is 23.2 Å². The van der Waals surface area contributed by atoms with Crippen LogP contribution in [0.25, 0.3) is 0 Å². The molecule has 42 heavy (non-hydrogen) atoms. The number of anilines is 1. The smallest absolute Gasteiger partial charge is 0.304 e. The van der Waals surface area contributed by atoms with Crippen LogP contribution in [0.3, 0.4) is 0 Å². The van der Waals surface area contributed by atoms with Gasteiger partial charge in [-0.25, -0.2) is 8.42 Å². The number of carbonyl (C=O) groups is 2. The van der Waals surface area contributed by atoms with Crippen molar-refractivity contribution >= 4 is 50.8 Å². The summed E-state index contributed by atoms with van der Waals surface area (Å²) in [5, 5.41) is 11.0. The van der Waals surface area contributed by atoms with Crippen LogP contribution in [0.2, 0.25) is 10.0 Å². The molecular weight excluding hydrogens is 595 g/mol. The van der Waals surface area contributed by atoms with Gasteiger partial charge in [0.2, 0.25) is 15.9 Å². The number of rotatable bonds is 10. The van der Waals surface area contributed by atoms with Crippen LogP contribution in [0, 0.1) is 11.3 Å². The lowest BCUT2D eigenvalue weighted by Gasteiger charge is -2.52. The average Bonchev–Trinajstić information content (AvgIpc) is 3.76. The molecule has 0 bridgehead atoms. The van der Waals surface area contributed by atoms with Crippen molar-refractivity contribution in [3.05, 3.63) is 100 Å². The van der Waals surface area contributed by atoms with Crippen LogP contribution in [0.4, 0.5) is 5.69 Å². The standard InChI is InChI=1S/C32H34Cl2N2O5S/c1-32(19-29(37)38)18-27(23-7-6-8-25(34)17-23)30(22-13-15-24(33)16-14-22)36(31(32)39)28(21-11-12-21)20-35(42(2,40)41)26-9-4-3-5-10-26/h3-10,13-17,21,27-28,30H,11-12,18-20H2,1-2H3,(H,37,38)/t27-,28-,30?,32-/m1/s1. The van der Waals surface area contributed by atoms with E-state index in [9.17, 15) is 23.1 Å². The zero-order chi connectivity index (χ0) is 30.2. The molecule has 3 aromatic rings. The molecular formula is C32H34Cl2N2O5S. The first-order chi connectivity index (χ1) is 19.9.